The first-order chi connectivity index (χ1) is 16.7. The van der Waals surface area contributed by atoms with Gasteiger partial charge in [0, 0.05) is 36.4 Å². The van der Waals surface area contributed by atoms with Gasteiger partial charge >= 0.3 is 0 Å². The van der Waals surface area contributed by atoms with Crippen molar-refractivity contribution in [3.8, 4) is 17.1 Å². The standard InChI is InChI=1S/C27H22N4O3/c32-22-11-10-18-6-4-5-9-21(18)25(22)26(19-7-2-1-3-8-19)29-23(33)12-13-24-30-27(31-34-24)20-14-16-28-17-15-20/h1-11,14-17,26,32H,12-13H2,(H,29,33). The van der Waals surface area contributed by atoms with E-state index in [0.717, 1.165) is 21.9 Å². The van der Waals surface area contributed by atoms with Gasteiger partial charge in [-0.15, -0.1) is 0 Å². The topological polar surface area (TPSA) is 101 Å². The van der Waals surface area contributed by atoms with Crippen LogP contribution < -0.4 is 5.32 Å². The predicted molar refractivity (Wildman–Crippen MR) is 128 cm³/mol. The molecule has 34 heavy (non-hydrogen) atoms. The van der Waals surface area contributed by atoms with Gasteiger partial charge in [-0.05, 0) is 34.5 Å². The zero-order valence-electron chi connectivity index (χ0n) is 18.3. The summed E-state index contributed by atoms with van der Waals surface area (Å²) in [5.41, 5.74) is 2.33. The normalized spacial score (nSPS) is 11.9. The molecule has 0 aliphatic rings. The summed E-state index contributed by atoms with van der Waals surface area (Å²) in [7, 11) is 0. The molecule has 2 N–H and O–H groups in total. The Morgan fingerprint density at radius 1 is 0.941 bits per heavy atom. The first kappa shape index (κ1) is 21.3. The van der Waals surface area contributed by atoms with Crippen molar-refractivity contribution in [1.82, 2.24) is 20.4 Å². The quantitative estimate of drug-likeness (QED) is 0.368. The lowest BCUT2D eigenvalue weighted by molar-refractivity contribution is -0.121. The highest BCUT2D eigenvalue weighted by Crippen LogP contribution is 2.35. The third-order valence-electron chi connectivity index (χ3n) is 5.65. The minimum atomic E-state index is -0.519. The second kappa shape index (κ2) is 9.54. The Kier molecular flexibility index (Phi) is 5.99. The molecular weight excluding hydrogens is 428 g/mol. The van der Waals surface area contributed by atoms with Gasteiger partial charge in [0.15, 0.2) is 0 Å². The minimum absolute atomic E-state index is 0.131. The van der Waals surface area contributed by atoms with Crippen molar-refractivity contribution in [1.29, 1.82) is 0 Å². The SMILES string of the molecule is O=C(CCc1nc(-c2ccncc2)no1)NC(c1ccccc1)c1c(O)ccc2ccccc12. The lowest BCUT2D eigenvalue weighted by Gasteiger charge is -2.22. The van der Waals surface area contributed by atoms with Gasteiger partial charge in [-0.2, -0.15) is 4.98 Å². The van der Waals surface area contributed by atoms with E-state index in [1.807, 2.05) is 60.7 Å². The molecule has 7 heteroatoms. The number of carbonyl (C=O) groups excluding carboxylic acids is 1. The maximum Gasteiger partial charge on any atom is 0.227 e. The van der Waals surface area contributed by atoms with Crippen molar-refractivity contribution in [2.24, 2.45) is 0 Å². The largest absolute Gasteiger partial charge is 0.508 e. The van der Waals surface area contributed by atoms with Gasteiger partial charge in [0.25, 0.3) is 0 Å². The van der Waals surface area contributed by atoms with Gasteiger partial charge < -0.3 is 14.9 Å². The third-order valence-corrected chi connectivity index (χ3v) is 5.65. The smallest absolute Gasteiger partial charge is 0.227 e. The summed E-state index contributed by atoms with van der Waals surface area (Å²) in [6, 6.07) is 24.0. The average Bonchev–Trinajstić information content (AvgIpc) is 3.37. The average molecular weight is 450 g/mol. The van der Waals surface area contributed by atoms with Gasteiger partial charge in [0.05, 0.1) is 6.04 Å². The van der Waals surface area contributed by atoms with Crippen LogP contribution in [-0.4, -0.2) is 26.1 Å². The second-order valence-electron chi connectivity index (χ2n) is 7.88. The maximum absolute atomic E-state index is 13.0. The molecule has 168 valence electrons. The highest BCUT2D eigenvalue weighted by atomic mass is 16.5. The molecule has 7 nitrogen and oxygen atoms in total. The number of hydrogen-bond acceptors (Lipinski definition) is 6. The van der Waals surface area contributed by atoms with E-state index in [2.05, 4.69) is 20.4 Å². The second-order valence-corrected chi connectivity index (χ2v) is 7.88. The van der Waals surface area contributed by atoms with E-state index >= 15 is 0 Å². The van der Waals surface area contributed by atoms with E-state index < -0.39 is 6.04 Å². The van der Waals surface area contributed by atoms with Crippen molar-refractivity contribution >= 4 is 16.7 Å². The summed E-state index contributed by atoms with van der Waals surface area (Å²) in [4.78, 5) is 21.4. The molecule has 5 aromatic rings. The molecule has 1 unspecified atom stereocenters. The van der Waals surface area contributed by atoms with Crippen molar-refractivity contribution in [2.75, 3.05) is 0 Å². The Morgan fingerprint density at radius 2 is 1.71 bits per heavy atom. The number of phenols is 1. The number of rotatable bonds is 7. The Hall–Kier alpha value is -4.52. The van der Waals surface area contributed by atoms with Gasteiger partial charge in [-0.1, -0.05) is 65.8 Å². The maximum atomic E-state index is 13.0. The van der Waals surface area contributed by atoms with E-state index in [9.17, 15) is 9.90 Å². The number of phenolic OH excluding ortho intramolecular Hbond substituents is 1. The number of carbonyl (C=O) groups is 1. The Bertz CT molecular complexity index is 1420. The van der Waals surface area contributed by atoms with E-state index in [1.165, 1.54) is 0 Å². The van der Waals surface area contributed by atoms with Crippen molar-refractivity contribution in [3.63, 3.8) is 0 Å². The molecule has 0 fully saturated rings. The van der Waals surface area contributed by atoms with Crippen LogP contribution in [0.3, 0.4) is 0 Å². The molecule has 0 radical (unpaired) electrons. The molecule has 1 amide bonds. The number of amides is 1. The molecule has 0 saturated carbocycles. The lowest BCUT2D eigenvalue weighted by atomic mass is 9.92. The van der Waals surface area contributed by atoms with Crippen LogP contribution in [0.4, 0.5) is 0 Å². The molecule has 0 saturated heterocycles. The van der Waals surface area contributed by atoms with Crippen LogP contribution in [0.15, 0.2) is 95.8 Å². The number of hydrogen-bond donors (Lipinski definition) is 2. The molecule has 0 aliphatic carbocycles. The molecule has 0 bridgehead atoms. The first-order valence-corrected chi connectivity index (χ1v) is 11.0. The fourth-order valence-corrected chi connectivity index (χ4v) is 3.98. The summed E-state index contributed by atoms with van der Waals surface area (Å²) in [5, 5.41) is 19.7. The lowest BCUT2D eigenvalue weighted by Crippen LogP contribution is -2.29. The fourth-order valence-electron chi connectivity index (χ4n) is 3.98. The number of nitrogens with one attached hydrogen (secondary N) is 1. The number of aromatic nitrogens is 3. The third kappa shape index (κ3) is 4.49. The number of nitrogens with zero attached hydrogens (tertiary/aromatic N) is 3. The van der Waals surface area contributed by atoms with Gasteiger partial charge in [-0.25, -0.2) is 0 Å². The summed E-state index contributed by atoms with van der Waals surface area (Å²) in [6.45, 7) is 0. The van der Waals surface area contributed by atoms with Crippen molar-refractivity contribution in [3.05, 3.63) is 108 Å². The fraction of sp³-hybridized carbons (Fsp3) is 0.111. The molecule has 2 heterocycles. The summed E-state index contributed by atoms with van der Waals surface area (Å²) in [5.74, 6) is 0.781. The van der Waals surface area contributed by atoms with Gasteiger partial charge in [0.2, 0.25) is 17.6 Å². The molecule has 0 aliphatic heterocycles. The van der Waals surface area contributed by atoms with E-state index in [4.69, 9.17) is 4.52 Å². The van der Waals surface area contributed by atoms with Crippen molar-refractivity contribution in [2.45, 2.75) is 18.9 Å². The number of pyridine rings is 1. The molecule has 3 aromatic carbocycles. The molecule has 2 aromatic heterocycles. The summed E-state index contributed by atoms with van der Waals surface area (Å²) < 4.78 is 5.32. The minimum Gasteiger partial charge on any atom is -0.508 e. The monoisotopic (exact) mass is 450 g/mol. The Morgan fingerprint density at radius 3 is 2.53 bits per heavy atom. The molecule has 0 spiro atoms. The van der Waals surface area contributed by atoms with Crippen LogP contribution in [0.1, 0.15) is 29.5 Å². The predicted octanol–water partition coefficient (Wildman–Crippen LogP) is 4.83. The Balaban J connectivity index is 1.38. The molecule has 1 atom stereocenters. The number of aryl methyl sites for hydroxylation is 1. The van der Waals surface area contributed by atoms with E-state index in [0.29, 0.717) is 23.7 Å². The molecular formula is C27H22N4O3. The first-order valence-electron chi connectivity index (χ1n) is 11.0. The highest BCUT2D eigenvalue weighted by Gasteiger charge is 2.23. The summed E-state index contributed by atoms with van der Waals surface area (Å²) >= 11 is 0. The van der Waals surface area contributed by atoms with Crippen molar-refractivity contribution < 1.29 is 14.4 Å². The molecule has 5 rings (SSSR count). The zero-order valence-corrected chi connectivity index (χ0v) is 18.3. The van der Waals surface area contributed by atoms with Crippen LogP contribution in [0.2, 0.25) is 0 Å². The van der Waals surface area contributed by atoms with Crippen LogP contribution in [0.5, 0.6) is 5.75 Å². The zero-order chi connectivity index (χ0) is 23.3. The van der Waals surface area contributed by atoms with Crippen LogP contribution in [0, 0.1) is 0 Å². The van der Waals surface area contributed by atoms with Crippen LogP contribution in [0.25, 0.3) is 22.2 Å². The summed E-state index contributed by atoms with van der Waals surface area (Å²) in [6.07, 6.45) is 3.77. The number of benzene rings is 3. The Labute approximate surface area is 196 Å². The number of aromatic hydroxyl groups is 1. The van der Waals surface area contributed by atoms with E-state index in [1.54, 1.807) is 30.6 Å². The highest BCUT2D eigenvalue weighted by molar-refractivity contribution is 5.89. The van der Waals surface area contributed by atoms with Gasteiger partial charge in [-0.3, -0.25) is 9.78 Å². The van der Waals surface area contributed by atoms with E-state index in [-0.39, 0.29) is 18.1 Å². The number of fused-ring (bicyclic) bond motifs is 1. The van der Waals surface area contributed by atoms with Gasteiger partial charge in [0.1, 0.15) is 5.75 Å². The van der Waals surface area contributed by atoms with Crippen LogP contribution >= 0.6 is 0 Å². The van der Waals surface area contributed by atoms with Crippen LogP contribution in [-0.2, 0) is 11.2 Å².